The number of nitrogens with one attached hydrogen (secondary N) is 1. The SMILES string of the molecule is CC1CN(c2nc(NN)nc3ccccc23)CC(C)S1. The fourth-order valence-corrected chi connectivity index (χ4v) is 4.04. The number of hydrogen-bond acceptors (Lipinski definition) is 6. The Labute approximate surface area is 122 Å². The number of nitrogens with two attached hydrogens (primary N) is 1. The van der Waals surface area contributed by atoms with Gasteiger partial charge in [0.15, 0.2) is 0 Å². The van der Waals surface area contributed by atoms with E-state index in [0.29, 0.717) is 16.4 Å². The molecule has 0 aliphatic carbocycles. The summed E-state index contributed by atoms with van der Waals surface area (Å²) in [5.74, 6) is 6.94. The third kappa shape index (κ3) is 2.53. The Balaban J connectivity index is 2.09. The van der Waals surface area contributed by atoms with Crippen LogP contribution in [-0.2, 0) is 0 Å². The summed E-state index contributed by atoms with van der Waals surface area (Å²) in [6.07, 6.45) is 0. The van der Waals surface area contributed by atoms with E-state index in [2.05, 4.69) is 40.2 Å². The number of nitrogen functional groups attached to an aromatic ring is 1. The molecule has 2 unspecified atom stereocenters. The Morgan fingerprint density at radius 3 is 2.60 bits per heavy atom. The van der Waals surface area contributed by atoms with Crippen molar-refractivity contribution in [1.82, 2.24) is 9.97 Å². The second kappa shape index (κ2) is 5.46. The highest BCUT2D eigenvalue weighted by Crippen LogP contribution is 2.31. The zero-order chi connectivity index (χ0) is 14.1. The first-order valence-electron chi connectivity index (χ1n) is 6.81. The number of aromatic nitrogens is 2. The summed E-state index contributed by atoms with van der Waals surface area (Å²) in [7, 11) is 0. The minimum Gasteiger partial charge on any atom is -0.354 e. The van der Waals surface area contributed by atoms with Crippen molar-refractivity contribution in [2.75, 3.05) is 23.4 Å². The van der Waals surface area contributed by atoms with E-state index in [1.165, 1.54) is 0 Å². The fourth-order valence-electron chi connectivity index (χ4n) is 2.72. The zero-order valence-corrected chi connectivity index (χ0v) is 12.5. The van der Waals surface area contributed by atoms with Crippen LogP contribution in [0, 0.1) is 0 Å². The first-order valence-corrected chi connectivity index (χ1v) is 7.75. The van der Waals surface area contributed by atoms with Crippen molar-refractivity contribution in [3.8, 4) is 0 Å². The normalized spacial score (nSPS) is 23.1. The number of fused-ring (bicyclic) bond motifs is 1. The van der Waals surface area contributed by atoms with Crippen molar-refractivity contribution in [3.05, 3.63) is 24.3 Å². The molecule has 0 saturated carbocycles. The van der Waals surface area contributed by atoms with Gasteiger partial charge in [-0.1, -0.05) is 26.0 Å². The molecule has 0 amide bonds. The molecule has 0 radical (unpaired) electrons. The summed E-state index contributed by atoms with van der Waals surface area (Å²) in [6.45, 7) is 6.53. The predicted octanol–water partition coefficient (Wildman–Crippen LogP) is 2.25. The summed E-state index contributed by atoms with van der Waals surface area (Å²) in [6, 6.07) is 8.07. The molecule has 2 aromatic rings. The zero-order valence-electron chi connectivity index (χ0n) is 11.7. The van der Waals surface area contributed by atoms with E-state index in [9.17, 15) is 0 Å². The van der Waals surface area contributed by atoms with Gasteiger partial charge in [0.1, 0.15) is 5.82 Å². The van der Waals surface area contributed by atoms with Gasteiger partial charge in [-0.15, -0.1) is 0 Å². The van der Waals surface area contributed by atoms with Gasteiger partial charge in [-0.2, -0.15) is 16.7 Å². The Hall–Kier alpha value is -1.53. The van der Waals surface area contributed by atoms with Crippen LogP contribution in [0.4, 0.5) is 11.8 Å². The van der Waals surface area contributed by atoms with Gasteiger partial charge < -0.3 is 4.90 Å². The molecule has 6 heteroatoms. The lowest BCUT2D eigenvalue weighted by atomic mass is 10.2. The van der Waals surface area contributed by atoms with Crippen molar-refractivity contribution in [2.24, 2.45) is 5.84 Å². The number of nitrogens with zero attached hydrogens (tertiary/aromatic N) is 3. The van der Waals surface area contributed by atoms with Gasteiger partial charge in [-0.05, 0) is 12.1 Å². The molecule has 1 fully saturated rings. The van der Waals surface area contributed by atoms with Crippen LogP contribution in [-0.4, -0.2) is 33.6 Å². The predicted molar refractivity (Wildman–Crippen MR) is 86.1 cm³/mol. The smallest absolute Gasteiger partial charge is 0.239 e. The van der Waals surface area contributed by atoms with Crippen LogP contribution in [0.15, 0.2) is 24.3 Å². The Bertz CT molecular complexity index is 608. The van der Waals surface area contributed by atoms with Crippen LogP contribution in [0.3, 0.4) is 0 Å². The van der Waals surface area contributed by atoms with Gasteiger partial charge in [0, 0.05) is 29.0 Å². The lowest BCUT2D eigenvalue weighted by Crippen LogP contribution is -2.41. The number of hydrogen-bond donors (Lipinski definition) is 2. The molecule has 1 aliphatic heterocycles. The third-order valence-electron chi connectivity index (χ3n) is 3.43. The van der Waals surface area contributed by atoms with E-state index in [1.54, 1.807) is 0 Å². The van der Waals surface area contributed by atoms with Gasteiger partial charge in [-0.3, -0.25) is 5.43 Å². The number of hydrazine groups is 1. The monoisotopic (exact) mass is 289 g/mol. The molecular formula is C14H19N5S. The molecule has 1 aliphatic rings. The van der Waals surface area contributed by atoms with Gasteiger partial charge in [-0.25, -0.2) is 10.8 Å². The summed E-state index contributed by atoms with van der Waals surface area (Å²) in [5.41, 5.74) is 3.49. The molecular weight excluding hydrogens is 270 g/mol. The maximum Gasteiger partial charge on any atom is 0.239 e. The van der Waals surface area contributed by atoms with Crippen molar-refractivity contribution in [1.29, 1.82) is 0 Å². The molecule has 1 aromatic heterocycles. The quantitative estimate of drug-likeness (QED) is 0.653. The Morgan fingerprint density at radius 2 is 1.90 bits per heavy atom. The Morgan fingerprint density at radius 1 is 1.20 bits per heavy atom. The van der Waals surface area contributed by atoms with E-state index < -0.39 is 0 Å². The summed E-state index contributed by atoms with van der Waals surface area (Å²) in [4.78, 5) is 11.3. The standard InChI is InChI=1S/C14H19N5S/c1-9-7-19(8-10(2)20-9)13-11-5-3-4-6-12(11)16-14(17-13)18-15/h3-6,9-10H,7-8,15H2,1-2H3,(H,16,17,18). The molecule has 0 spiro atoms. The molecule has 20 heavy (non-hydrogen) atoms. The number of rotatable bonds is 2. The van der Waals surface area contributed by atoms with Crippen LogP contribution in [0.1, 0.15) is 13.8 Å². The van der Waals surface area contributed by atoms with E-state index >= 15 is 0 Å². The van der Waals surface area contributed by atoms with E-state index in [-0.39, 0.29) is 0 Å². The van der Waals surface area contributed by atoms with Gasteiger partial charge >= 0.3 is 0 Å². The number of para-hydroxylation sites is 1. The molecule has 2 heterocycles. The molecule has 0 bridgehead atoms. The number of anilines is 2. The topological polar surface area (TPSA) is 67.1 Å². The third-order valence-corrected chi connectivity index (χ3v) is 4.66. The lowest BCUT2D eigenvalue weighted by molar-refractivity contribution is 0.721. The van der Waals surface area contributed by atoms with Gasteiger partial charge in [0.25, 0.3) is 0 Å². The van der Waals surface area contributed by atoms with Crippen LogP contribution in [0.5, 0.6) is 0 Å². The average Bonchev–Trinajstić information content (AvgIpc) is 2.45. The number of benzene rings is 1. The molecule has 5 nitrogen and oxygen atoms in total. The highest BCUT2D eigenvalue weighted by molar-refractivity contribution is 8.00. The highest BCUT2D eigenvalue weighted by Gasteiger charge is 2.25. The van der Waals surface area contributed by atoms with Crippen LogP contribution in [0.2, 0.25) is 0 Å². The second-order valence-corrected chi connectivity index (χ2v) is 7.08. The molecule has 2 atom stereocenters. The van der Waals surface area contributed by atoms with Gasteiger partial charge in [0.2, 0.25) is 5.95 Å². The Kier molecular flexibility index (Phi) is 3.67. The average molecular weight is 289 g/mol. The van der Waals surface area contributed by atoms with Gasteiger partial charge in [0.05, 0.1) is 5.52 Å². The number of thioether (sulfide) groups is 1. The van der Waals surface area contributed by atoms with E-state index in [1.807, 2.05) is 30.0 Å². The minimum atomic E-state index is 0.470. The molecule has 1 saturated heterocycles. The fraction of sp³-hybridized carbons (Fsp3) is 0.429. The van der Waals surface area contributed by atoms with Crippen molar-refractivity contribution < 1.29 is 0 Å². The van der Waals surface area contributed by atoms with Crippen LogP contribution >= 0.6 is 11.8 Å². The molecule has 3 rings (SSSR count). The maximum atomic E-state index is 5.50. The van der Waals surface area contributed by atoms with Crippen LogP contribution in [0.25, 0.3) is 10.9 Å². The molecule has 3 N–H and O–H groups in total. The summed E-state index contributed by atoms with van der Waals surface area (Å²) in [5, 5.41) is 2.28. The van der Waals surface area contributed by atoms with Crippen molar-refractivity contribution >= 4 is 34.4 Å². The minimum absolute atomic E-state index is 0.470. The van der Waals surface area contributed by atoms with Crippen molar-refractivity contribution in [3.63, 3.8) is 0 Å². The summed E-state index contributed by atoms with van der Waals surface area (Å²) >= 11 is 2.03. The maximum absolute atomic E-state index is 5.50. The largest absolute Gasteiger partial charge is 0.354 e. The van der Waals surface area contributed by atoms with E-state index in [0.717, 1.165) is 29.8 Å². The highest BCUT2D eigenvalue weighted by atomic mass is 32.2. The van der Waals surface area contributed by atoms with Crippen molar-refractivity contribution in [2.45, 2.75) is 24.3 Å². The lowest BCUT2D eigenvalue weighted by Gasteiger charge is -2.36. The molecule has 106 valence electrons. The summed E-state index contributed by atoms with van der Waals surface area (Å²) < 4.78 is 0. The first-order chi connectivity index (χ1) is 9.67. The first kappa shape index (κ1) is 13.5. The van der Waals surface area contributed by atoms with Crippen LogP contribution < -0.4 is 16.2 Å². The molecule has 1 aromatic carbocycles. The second-order valence-electron chi connectivity index (χ2n) is 5.19. The van der Waals surface area contributed by atoms with E-state index in [4.69, 9.17) is 5.84 Å².